The van der Waals surface area contributed by atoms with E-state index < -0.39 is 10.0 Å². The molecule has 9 heteroatoms. The van der Waals surface area contributed by atoms with Crippen molar-refractivity contribution in [1.82, 2.24) is 10.3 Å². The number of ether oxygens (including phenoxy) is 2. The van der Waals surface area contributed by atoms with Crippen LogP contribution in [-0.2, 0) is 10.0 Å². The highest BCUT2D eigenvalue weighted by molar-refractivity contribution is 7.89. The normalized spacial score (nSPS) is 20.3. The van der Waals surface area contributed by atoms with Gasteiger partial charge in [-0.1, -0.05) is 26.0 Å². The first kappa shape index (κ1) is 20.1. The zero-order valence-electron chi connectivity index (χ0n) is 16.1. The van der Waals surface area contributed by atoms with Gasteiger partial charge in [0, 0.05) is 18.0 Å². The van der Waals surface area contributed by atoms with Crippen molar-refractivity contribution in [3.8, 4) is 11.8 Å². The highest BCUT2D eigenvalue weighted by atomic mass is 32.2. The van der Waals surface area contributed by atoms with Crippen molar-refractivity contribution >= 4 is 15.9 Å². The molecule has 2 aromatic rings. The summed E-state index contributed by atoms with van der Waals surface area (Å²) >= 11 is 0. The van der Waals surface area contributed by atoms with Crippen molar-refractivity contribution in [2.24, 2.45) is 10.6 Å². The molecule has 1 heterocycles. The van der Waals surface area contributed by atoms with Crippen molar-refractivity contribution in [2.45, 2.75) is 30.7 Å². The minimum Gasteiger partial charge on any atom is -0.481 e. The second-order valence-corrected chi connectivity index (χ2v) is 8.84. The van der Waals surface area contributed by atoms with E-state index in [1.54, 1.807) is 24.3 Å². The lowest BCUT2D eigenvalue weighted by Crippen LogP contribution is -2.29. The topological polar surface area (TPSA) is 121 Å². The maximum absolute atomic E-state index is 12.8. The lowest BCUT2D eigenvalue weighted by molar-refractivity contribution is 0.0942. The second kappa shape index (κ2) is 7.06. The molecule has 3 N–H and O–H groups in total. The van der Waals surface area contributed by atoms with Crippen LogP contribution in [0.15, 0.2) is 41.3 Å². The van der Waals surface area contributed by atoms with E-state index in [0.717, 1.165) is 5.56 Å². The molecule has 0 bridgehead atoms. The molecule has 1 fully saturated rings. The third kappa shape index (κ3) is 3.67. The lowest BCUT2D eigenvalue weighted by Gasteiger charge is -2.10. The van der Waals surface area contributed by atoms with Crippen molar-refractivity contribution < 1.29 is 22.7 Å². The van der Waals surface area contributed by atoms with Gasteiger partial charge in [0.2, 0.25) is 21.8 Å². The number of sulfonamides is 1. The number of carbonyl (C=O) groups excluding carboxylic acids is 1. The van der Waals surface area contributed by atoms with Crippen LogP contribution in [0.5, 0.6) is 11.8 Å². The molecular formula is C19H23N3O5S. The molecule has 1 aliphatic carbocycles. The molecule has 150 valence electrons. The molecule has 1 amide bonds. The molecular weight excluding hydrogens is 382 g/mol. The van der Waals surface area contributed by atoms with Crippen LogP contribution in [0.3, 0.4) is 0 Å². The summed E-state index contributed by atoms with van der Waals surface area (Å²) in [5.74, 6) is 0.286. The fourth-order valence-electron chi connectivity index (χ4n) is 3.48. The van der Waals surface area contributed by atoms with Gasteiger partial charge in [-0.15, -0.1) is 0 Å². The van der Waals surface area contributed by atoms with E-state index in [1.807, 2.05) is 13.8 Å². The highest BCUT2D eigenvalue weighted by Crippen LogP contribution is 2.58. The number of hydrogen-bond acceptors (Lipinski definition) is 6. The maximum Gasteiger partial charge on any atom is 0.257 e. The number of amides is 1. The number of rotatable bonds is 6. The Hall–Kier alpha value is -2.65. The molecule has 1 saturated carbocycles. The largest absolute Gasteiger partial charge is 0.481 e. The van der Waals surface area contributed by atoms with Crippen molar-refractivity contribution in [1.29, 1.82) is 0 Å². The number of nitrogens with one attached hydrogen (secondary N) is 1. The Kier molecular flexibility index (Phi) is 5.07. The van der Waals surface area contributed by atoms with Gasteiger partial charge in [-0.2, -0.15) is 4.98 Å². The Morgan fingerprint density at radius 2 is 1.75 bits per heavy atom. The predicted molar refractivity (Wildman–Crippen MR) is 103 cm³/mol. The van der Waals surface area contributed by atoms with Gasteiger partial charge in [0.25, 0.3) is 5.91 Å². The summed E-state index contributed by atoms with van der Waals surface area (Å²) in [5.41, 5.74) is 1.06. The van der Waals surface area contributed by atoms with Gasteiger partial charge >= 0.3 is 0 Å². The van der Waals surface area contributed by atoms with Crippen molar-refractivity contribution in [3.63, 3.8) is 0 Å². The maximum atomic E-state index is 12.8. The Balaban J connectivity index is 1.79. The number of primary sulfonamides is 1. The Morgan fingerprint density at radius 3 is 2.29 bits per heavy atom. The number of aromatic nitrogens is 1. The average molecular weight is 405 g/mol. The number of nitrogens with two attached hydrogens (primary N) is 1. The minimum atomic E-state index is -3.74. The zero-order valence-corrected chi connectivity index (χ0v) is 16.9. The van der Waals surface area contributed by atoms with E-state index in [0.29, 0.717) is 11.4 Å². The Morgan fingerprint density at radius 1 is 1.11 bits per heavy atom. The van der Waals surface area contributed by atoms with E-state index in [4.69, 9.17) is 14.6 Å². The van der Waals surface area contributed by atoms with Gasteiger partial charge in [-0.3, -0.25) is 4.79 Å². The highest BCUT2D eigenvalue weighted by Gasteiger charge is 2.59. The summed E-state index contributed by atoms with van der Waals surface area (Å²) in [6, 6.07) is 9.50. The lowest BCUT2D eigenvalue weighted by atomic mass is 10.0. The number of nitrogens with zero attached hydrogens (tertiary/aromatic N) is 1. The molecule has 0 spiro atoms. The summed E-state index contributed by atoms with van der Waals surface area (Å²) in [4.78, 5) is 16.9. The first-order valence-electron chi connectivity index (χ1n) is 8.62. The van der Waals surface area contributed by atoms with Gasteiger partial charge in [0.05, 0.1) is 19.1 Å². The Labute approximate surface area is 164 Å². The van der Waals surface area contributed by atoms with Crippen LogP contribution < -0.4 is 19.9 Å². The monoisotopic (exact) mass is 405 g/mol. The van der Waals surface area contributed by atoms with Crippen LogP contribution in [0.4, 0.5) is 0 Å². The number of carbonyl (C=O) groups is 1. The molecule has 1 aromatic heterocycles. The fraction of sp³-hybridized carbons (Fsp3) is 0.368. The molecule has 8 nitrogen and oxygen atoms in total. The molecule has 0 aliphatic heterocycles. The first-order valence-corrected chi connectivity index (χ1v) is 10.2. The van der Waals surface area contributed by atoms with Crippen LogP contribution >= 0.6 is 0 Å². The summed E-state index contributed by atoms with van der Waals surface area (Å²) < 4.78 is 33.1. The Bertz CT molecular complexity index is 1000. The zero-order chi connectivity index (χ0) is 20.7. The van der Waals surface area contributed by atoms with Gasteiger partial charge in [-0.05, 0) is 29.2 Å². The predicted octanol–water partition coefficient (Wildman–Crippen LogP) is 1.67. The summed E-state index contributed by atoms with van der Waals surface area (Å²) in [5, 5.41) is 8.17. The SMILES string of the molecule is COc1ccc(C(=O)NC2C(c3ccc(S(N)(=O)=O)cc3)C2(C)C)c(OC)n1. The molecule has 2 unspecified atom stereocenters. The summed E-state index contributed by atoms with van der Waals surface area (Å²) in [7, 11) is -0.810. The third-order valence-corrected chi connectivity index (χ3v) is 6.09. The number of benzene rings is 1. The molecule has 28 heavy (non-hydrogen) atoms. The minimum absolute atomic E-state index is 0.0446. The molecule has 1 aromatic carbocycles. The smallest absolute Gasteiger partial charge is 0.257 e. The molecule has 2 atom stereocenters. The van der Waals surface area contributed by atoms with Gasteiger partial charge < -0.3 is 14.8 Å². The van der Waals surface area contributed by atoms with E-state index in [2.05, 4.69) is 10.3 Å². The van der Waals surface area contributed by atoms with E-state index >= 15 is 0 Å². The number of hydrogen-bond donors (Lipinski definition) is 2. The van der Waals surface area contributed by atoms with Crippen LogP contribution in [0, 0.1) is 5.41 Å². The molecule has 0 radical (unpaired) electrons. The number of methoxy groups -OCH3 is 2. The summed E-state index contributed by atoms with van der Waals surface area (Å²) in [6.07, 6.45) is 0. The van der Waals surface area contributed by atoms with Crippen LogP contribution in [0.1, 0.15) is 35.7 Å². The van der Waals surface area contributed by atoms with E-state index in [-0.39, 0.29) is 34.1 Å². The van der Waals surface area contributed by atoms with Crippen molar-refractivity contribution in [3.05, 3.63) is 47.5 Å². The van der Waals surface area contributed by atoms with Crippen LogP contribution in [-0.4, -0.2) is 39.6 Å². The third-order valence-electron chi connectivity index (χ3n) is 5.16. The average Bonchev–Trinajstić information content (AvgIpc) is 3.20. The molecule has 0 saturated heterocycles. The van der Waals surface area contributed by atoms with Gasteiger partial charge in [0.15, 0.2) is 0 Å². The van der Waals surface area contributed by atoms with Crippen LogP contribution in [0.25, 0.3) is 0 Å². The van der Waals surface area contributed by atoms with Crippen molar-refractivity contribution in [2.75, 3.05) is 14.2 Å². The van der Waals surface area contributed by atoms with Crippen LogP contribution in [0.2, 0.25) is 0 Å². The number of pyridine rings is 1. The standard InChI is InChI=1S/C19H23N3O5S/c1-19(2)15(11-5-7-12(8-6-11)28(20,24)25)16(19)22-17(23)13-9-10-14(26-3)21-18(13)27-4/h5-10,15-16H,1-4H3,(H,22,23)(H2,20,24,25). The second-order valence-electron chi connectivity index (χ2n) is 7.27. The molecule has 1 aliphatic rings. The first-order chi connectivity index (χ1) is 13.1. The van der Waals surface area contributed by atoms with Gasteiger partial charge in [0.1, 0.15) is 5.56 Å². The van der Waals surface area contributed by atoms with Gasteiger partial charge in [-0.25, -0.2) is 13.6 Å². The molecule has 3 rings (SSSR count). The fourth-order valence-corrected chi connectivity index (χ4v) is 3.99. The van der Waals surface area contributed by atoms with E-state index in [1.165, 1.54) is 26.4 Å². The van der Waals surface area contributed by atoms with E-state index in [9.17, 15) is 13.2 Å². The quantitative estimate of drug-likeness (QED) is 0.754. The summed E-state index contributed by atoms with van der Waals surface area (Å²) in [6.45, 7) is 4.08.